The van der Waals surface area contributed by atoms with E-state index < -0.39 is 0 Å². The summed E-state index contributed by atoms with van der Waals surface area (Å²) in [6.45, 7) is 0. The van der Waals surface area contributed by atoms with E-state index in [4.69, 9.17) is 18.9 Å². The van der Waals surface area contributed by atoms with E-state index in [9.17, 15) is 4.79 Å². The molecule has 2 aromatic carbocycles. The summed E-state index contributed by atoms with van der Waals surface area (Å²) in [6.07, 6.45) is 5.12. The van der Waals surface area contributed by atoms with Gasteiger partial charge in [-0.1, -0.05) is 0 Å². The molecule has 146 valence electrons. The van der Waals surface area contributed by atoms with Gasteiger partial charge in [0.25, 0.3) is 0 Å². The highest BCUT2D eigenvalue weighted by molar-refractivity contribution is 6.15. The van der Waals surface area contributed by atoms with Gasteiger partial charge in [-0.15, -0.1) is 0 Å². The van der Waals surface area contributed by atoms with Crippen molar-refractivity contribution in [1.29, 1.82) is 0 Å². The lowest BCUT2D eigenvalue weighted by Crippen LogP contribution is -1.97. The van der Waals surface area contributed by atoms with Crippen LogP contribution >= 0.6 is 0 Å². The third-order valence-corrected chi connectivity index (χ3v) is 4.78. The minimum atomic E-state index is 0.0368. The van der Waals surface area contributed by atoms with Crippen molar-refractivity contribution < 1.29 is 23.7 Å². The zero-order chi connectivity index (χ0) is 20.1. The number of hydrogen-bond acceptors (Lipinski definition) is 5. The number of ether oxygens (including phenoxy) is 4. The van der Waals surface area contributed by atoms with Crippen LogP contribution in [-0.2, 0) is 4.79 Å². The van der Waals surface area contributed by atoms with Crippen LogP contribution < -0.4 is 18.9 Å². The smallest absolute Gasteiger partial charge is 0.185 e. The molecule has 0 aromatic heterocycles. The van der Waals surface area contributed by atoms with Crippen molar-refractivity contribution in [1.82, 2.24) is 0 Å². The summed E-state index contributed by atoms with van der Waals surface area (Å²) < 4.78 is 21.4. The zero-order valence-electron chi connectivity index (χ0n) is 16.6. The number of Topliss-reactive ketones (excluding diaryl/α,β-unsaturated/α-hetero) is 1. The Labute approximate surface area is 165 Å². The molecule has 5 heteroatoms. The normalized spacial score (nSPS) is 16.5. The third-order valence-electron chi connectivity index (χ3n) is 4.78. The van der Waals surface area contributed by atoms with Crippen LogP contribution in [0, 0.1) is 0 Å². The summed E-state index contributed by atoms with van der Waals surface area (Å²) >= 11 is 0. The molecule has 28 heavy (non-hydrogen) atoms. The second kappa shape index (κ2) is 8.65. The summed E-state index contributed by atoms with van der Waals surface area (Å²) in [5, 5.41) is 0. The molecule has 0 aliphatic heterocycles. The molecule has 0 radical (unpaired) electrons. The first-order valence-corrected chi connectivity index (χ1v) is 8.99. The summed E-state index contributed by atoms with van der Waals surface area (Å²) in [5.74, 6) is 2.88. The van der Waals surface area contributed by atoms with E-state index in [1.54, 1.807) is 28.4 Å². The minimum Gasteiger partial charge on any atom is -0.497 e. The highest BCUT2D eigenvalue weighted by atomic mass is 16.5. The molecule has 0 spiro atoms. The molecule has 0 amide bonds. The number of hydrogen-bond donors (Lipinski definition) is 0. The molecule has 0 unspecified atom stereocenters. The molecule has 1 saturated carbocycles. The Morgan fingerprint density at radius 2 is 1.11 bits per heavy atom. The van der Waals surface area contributed by atoms with Crippen LogP contribution in [0.2, 0.25) is 0 Å². The van der Waals surface area contributed by atoms with Crippen molar-refractivity contribution in [3.05, 3.63) is 58.7 Å². The lowest BCUT2D eigenvalue weighted by molar-refractivity contribution is -0.111. The van der Waals surface area contributed by atoms with Crippen LogP contribution in [0.15, 0.2) is 47.5 Å². The van der Waals surface area contributed by atoms with Crippen LogP contribution in [0.1, 0.15) is 24.0 Å². The molecular weight excluding hydrogens is 356 g/mol. The fourth-order valence-corrected chi connectivity index (χ4v) is 3.26. The van der Waals surface area contributed by atoms with Crippen LogP contribution in [0.25, 0.3) is 12.2 Å². The Balaban J connectivity index is 1.94. The van der Waals surface area contributed by atoms with Gasteiger partial charge in [0, 0.05) is 22.3 Å². The second-order valence-corrected chi connectivity index (χ2v) is 6.38. The summed E-state index contributed by atoms with van der Waals surface area (Å²) in [7, 11) is 6.45. The first-order valence-electron chi connectivity index (χ1n) is 8.99. The number of carbonyl (C=O) groups excluding carboxylic acids is 1. The standard InChI is InChI=1S/C23H24O5/c1-25-19-7-9-21(27-3)17(13-19)11-15-5-6-16(23(15)24)12-18-14-20(26-2)8-10-22(18)28-4/h7-14H,5-6H2,1-4H3/b15-11-,16-12+. The topological polar surface area (TPSA) is 54.0 Å². The van der Waals surface area contributed by atoms with E-state index in [1.807, 2.05) is 48.6 Å². The van der Waals surface area contributed by atoms with Gasteiger partial charge in [0.15, 0.2) is 5.78 Å². The molecule has 1 fully saturated rings. The lowest BCUT2D eigenvalue weighted by Gasteiger charge is -2.08. The van der Waals surface area contributed by atoms with E-state index >= 15 is 0 Å². The molecule has 0 N–H and O–H groups in total. The molecule has 1 aliphatic rings. The van der Waals surface area contributed by atoms with Gasteiger partial charge >= 0.3 is 0 Å². The maximum Gasteiger partial charge on any atom is 0.185 e. The second-order valence-electron chi connectivity index (χ2n) is 6.38. The van der Waals surface area contributed by atoms with E-state index in [2.05, 4.69) is 0 Å². The predicted molar refractivity (Wildman–Crippen MR) is 109 cm³/mol. The van der Waals surface area contributed by atoms with E-state index in [0.29, 0.717) is 24.3 Å². The third kappa shape index (κ3) is 4.03. The minimum absolute atomic E-state index is 0.0368. The quantitative estimate of drug-likeness (QED) is 0.688. The molecule has 0 heterocycles. The lowest BCUT2D eigenvalue weighted by atomic mass is 10.1. The van der Waals surface area contributed by atoms with Gasteiger partial charge in [-0.3, -0.25) is 4.79 Å². The first-order chi connectivity index (χ1) is 13.6. The highest BCUT2D eigenvalue weighted by Gasteiger charge is 2.24. The number of methoxy groups -OCH3 is 4. The van der Waals surface area contributed by atoms with Gasteiger partial charge in [-0.05, 0) is 61.4 Å². The molecule has 0 bridgehead atoms. The van der Waals surface area contributed by atoms with Gasteiger partial charge in [-0.2, -0.15) is 0 Å². The molecule has 0 saturated heterocycles. The highest BCUT2D eigenvalue weighted by Crippen LogP contribution is 2.34. The maximum atomic E-state index is 12.9. The number of benzene rings is 2. The molecule has 5 nitrogen and oxygen atoms in total. The number of rotatable bonds is 6. The largest absolute Gasteiger partial charge is 0.497 e. The fraction of sp³-hybridized carbons (Fsp3) is 0.261. The molecule has 3 rings (SSSR count). The van der Waals surface area contributed by atoms with E-state index in [-0.39, 0.29) is 5.78 Å². The van der Waals surface area contributed by atoms with Crippen LogP contribution in [0.5, 0.6) is 23.0 Å². The van der Waals surface area contributed by atoms with Gasteiger partial charge in [-0.25, -0.2) is 0 Å². The van der Waals surface area contributed by atoms with Gasteiger partial charge in [0.1, 0.15) is 23.0 Å². The monoisotopic (exact) mass is 380 g/mol. The Hall–Kier alpha value is -3.21. The summed E-state index contributed by atoms with van der Waals surface area (Å²) in [4.78, 5) is 12.9. The molecule has 1 aliphatic carbocycles. The Kier molecular flexibility index (Phi) is 6.04. The van der Waals surface area contributed by atoms with Crippen LogP contribution in [0.4, 0.5) is 0 Å². The first kappa shape index (κ1) is 19.5. The van der Waals surface area contributed by atoms with Crippen molar-refractivity contribution >= 4 is 17.9 Å². The molecule has 2 aromatic rings. The zero-order valence-corrected chi connectivity index (χ0v) is 16.6. The van der Waals surface area contributed by atoms with E-state index in [0.717, 1.165) is 33.8 Å². The van der Waals surface area contributed by atoms with Crippen LogP contribution in [-0.4, -0.2) is 34.2 Å². The average molecular weight is 380 g/mol. The van der Waals surface area contributed by atoms with Crippen molar-refractivity contribution in [2.75, 3.05) is 28.4 Å². The Morgan fingerprint density at radius 3 is 1.46 bits per heavy atom. The SMILES string of the molecule is COc1ccc(OC)c(/C=C2/CC/C(=C\c3cc(OC)ccc3OC)C2=O)c1. The number of carbonyl (C=O) groups is 1. The van der Waals surface area contributed by atoms with Gasteiger partial charge in [0.2, 0.25) is 0 Å². The Bertz CT molecular complexity index is 865. The summed E-state index contributed by atoms with van der Waals surface area (Å²) in [5.41, 5.74) is 3.15. The number of ketones is 1. The van der Waals surface area contributed by atoms with Crippen molar-refractivity contribution in [2.24, 2.45) is 0 Å². The fourth-order valence-electron chi connectivity index (χ4n) is 3.26. The summed E-state index contributed by atoms with van der Waals surface area (Å²) in [6, 6.07) is 11.1. The van der Waals surface area contributed by atoms with Crippen LogP contribution in [0.3, 0.4) is 0 Å². The van der Waals surface area contributed by atoms with E-state index in [1.165, 1.54) is 0 Å². The Morgan fingerprint density at radius 1 is 0.679 bits per heavy atom. The average Bonchev–Trinajstić information content (AvgIpc) is 3.07. The van der Waals surface area contributed by atoms with Crippen molar-refractivity contribution in [3.8, 4) is 23.0 Å². The number of allylic oxidation sites excluding steroid dienone is 2. The maximum absolute atomic E-state index is 12.9. The molecule has 0 atom stereocenters. The van der Waals surface area contributed by atoms with Gasteiger partial charge in [0.05, 0.1) is 28.4 Å². The van der Waals surface area contributed by atoms with Gasteiger partial charge < -0.3 is 18.9 Å². The molecular formula is C23H24O5. The van der Waals surface area contributed by atoms with Crippen molar-refractivity contribution in [3.63, 3.8) is 0 Å². The predicted octanol–water partition coefficient (Wildman–Crippen LogP) is 4.55. The van der Waals surface area contributed by atoms with Crippen molar-refractivity contribution in [2.45, 2.75) is 12.8 Å².